The summed E-state index contributed by atoms with van der Waals surface area (Å²) in [5.74, 6) is 6.22. The highest BCUT2D eigenvalue weighted by atomic mass is 32.1. The van der Waals surface area contributed by atoms with Gasteiger partial charge >= 0.3 is 5.97 Å². The minimum absolute atomic E-state index is 0.101. The Balaban J connectivity index is 2.02. The Kier molecular flexibility index (Phi) is 7.44. The highest BCUT2D eigenvalue weighted by molar-refractivity contribution is 7.14. The molecule has 0 spiro atoms. The van der Waals surface area contributed by atoms with Crippen molar-refractivity contribution >= 4 is 22.9 Å². The molecule has 1 aliphatic heterocycles. The second-order valence-corrected chi connectivity index (χ2v) is 10.7. The van der Waals surface area contributed by atoms with Crippen LogP contribution in [0.4, 0.5) is 0 Å². The molecule has 30 heavy (non-hydrogen) atoms. The molecule has 1 fully saturated rings. The van der Waals surface area contributed by atoms with E-state index in [9.17, 15) is 9.90 Å². The fourth-order valence-corrected chi connectivity index (χ4v) is 5.49. The van der Waals surface area contributed by atoms with Crippen molar-refractivity contribution in [1.82, 2.24) is 10.2 Å². The molecule has 2 N–H and O–H groups in total. The average molecular weight is 429 g/mol. The maximum Gasteiger partial charge on any atom is 0.346 e. The molecule has 5 heteroatoms. The van der Waals surface area contributed by atoms with E-state index in [0.29, 0.717) is 16.8 Å². The molecule has 0 saturated heterocycles. The number of carboxylic acids is 1. The largest absolute Gasteiger partial charge is 0.477 e. The van der Waals surface area contributed by atoms with Crippen LogP contribution in [0.25, 0.3) is 5.57 Å². The number of carboxylic acid groups (broad SMARTS) is 1. The predicted molar refractivity (Wildman–Crippen MR) is 126 cm³/mol. The van der Waals surface area contributed by atoms with E-state index in [4.69, 9.17) is 0 Å². The Morgan fingerprint density at radius 2 is 2.00 bits per heavy atom. The molecule has 0 atom stereocenters. The molecule has 0 unspecified atom stereocenters. The number of aromatic carboxylic acids is 1. The first-order chi connectivity index (χ1) is 14.2. The molecule has 1 aliphatic carbocycles. The van der Waals surface area contributed by atoms with Gasteiger partial charge in [0.15, 0.2) is 0 Å². The number of hydrogen-bond acceptors (Lipinski definition) is 4. The van der Waals surface area contributed by atoms with Crippen molar-refractivity contribution in [2.45, 2.75) is 65.8 Å². The van der Waals surface area contributed by atoms with Crippen molar-refractivity contribution in [3.63, 3.8) is 0 Å². The van der Waals surface area contributed by atoms with Gasteiger partial charge in [0, 0.05) is 30.1 Å². The van der Waals surface area contributed by atoms with Crippen LogP contribution in [0.15, 0.2) is 11.6 Å². The molecule has 2 aliphatic rings. The van der Waals surface area contributed by atoms with Gasteiger partial charge in [-0.15, -0.1) is 11.3 Å². The number of nitrogens with zero attached hydrogens (tertiary/aromatic N) is 1. The van der Waals surface area contributed by atoms with Crippen LogP contribution in [-0.2, 0) is 0 Å². The summed E-state index contributed by atoms with van der Waals surface area (Å²) in [6.07, 6.45) is 5.69. The Morgan fingerprint density at radius 1 is 1.30 bits per heavy atom. The Labute approximate surface area is 185 Å². The zero-order chi connectivity index (χ0) is 21.9. The number of carbonyl (C=O) groups is 1. The number of nitrogens with one attached hydrogen (secondary N) is 1. The number of likely N-dealkylation sites (N-methyl/N-ethyl adjacent to an activating group) is 1. The fourth-order valence-electron chi connectivity index (χ4n) is 4.61. The van der Waals surface area contributed by atoms with E-state index in [0.717, 1.165) is 36.5 Å². The summed E-state index contributed by atoms with van der Waals surface area (Å²) in [5.41, 5.74) is 3.58. The lowest BCUT2D eigenvalue weighted by Gasteiger charge is -2.37. The van der Waals surface area contributed by atoms with Crippen molar-refractivity contribution in [3.8, 4) is 11.8 Å². The Morgan fingerprint density at radius 3 is 2.57 bits per heavy atom. The third-order valence-electron chi connectivity index (χ3n) is 6.35. The minimum Gasteiger partial charge on any atom is -0.477 e. The van der Waals surface area contributed by atoms with Crippen LogP contribution in [0.1, 0.15) is 79.9 Å². The van der Waals surface area contributed by atoms with Gasteiger partial charge in [0.2, 0.25) is 0 Å². The first-order valence-corrected chi connectivity index (χ1v) is 12.1. The van der Waals surface area contributed by atoms with Crippen molar-refractivity contribution in [3.05, 3.63) is 27.0 Å². The molecular weight excluding hydrogens is 392 g/mol. The lowest BCUT2D eigenvalue weighted by molar-refractivity contribution is 0.0702. The molecule has 164 valence electrons. The van der Waals surface area contributed by atoms with E-state index in [1.165, 1.54) is 48.2 Å². The van der Waals surface area contributed by atoms with Gasteiger partial charge in [0.25, 0.3) is 0 Å². The van der Waals surface area contributed by atoms with Crippen LogP contribution < -0.4 is 5.32 Å². The van der Waals surface area contributed by atoms with E-state index in [-0.39, 0.29) is 5.41 Å². The molecule has 3 rings (SSSR count). The number of thiophene rings is 1. The van der Waals surface area contributed by atoms with Crippen LogP contribution in [0, 0.1) is 23.2 Å². The summed E-state index contributed by atoms with van der Waals surface area (Å²) in [7, 11) is 2.06. The van der Waals surface area contributed by atoms with Crippen LogP contribution >= 0.6 is 11.3 Å². The van der Waals surface area contributed by atoms with Crippen molar-refractivity contribution in [2.75, 3.05) is 26.7 Å². The Hall–Kier alpha value is -1.61. The highest BCUT2D eigenvalue weighted by Gasteiger charge is 2.31. The van der Waals surface area contributed by atoms with Gasteiger partial charge in [-0.1, -0.05) is 18.8 Å². The van der Waals surface area contributed by atoms with Gasteiger partial charge < -0.3 is 10.4 Å². The molecule has 0 radical (unpaired) electrons. The van der Waals surface area contributed by atoms with Crippen LogP contribution in [-0.4, -0.2) is 48.7 Å². The van der Waals surface area contributed by atoms with Crippen molar-refractivity contribution in [2.24, 2.45) is 11.3 Å². The lowest BCUT2D eigenvalue weighted by Crippen LogP contribution is -2.36. The molecular formula is C25H36N2O2S. The lowest BCUT2D eigenvalue weighted by atomic mass is 9.77. The zero-order valence-electron chi connectivity index (χ0n) is 19.1. The molecule has 0 bridgehead atoms. The van der Waals surface area contributed by atoms with Gasteiger partial charge in [0.05, 0.1) is 4.88 Å². The molecule has 0 aromatic carbocycles. The first kappa shape index (κ1) is 23.1. The van der Waals surface area contributed by atoms with E-state index in [1.807, 2.05) is 6.07 Å². The van der Waals surface area contributed by atoms with Crippen molar-refractivity contribution < 1.29 is 9.90 Å². The van der Waals surface area contributed by atoms with Gasteiger partial charge in [-0.05, 0) is 89.6 Å². The van der Waals surface area contributed by atoms with Crippen LogP contribution in [0.3, 0.4) is 0 Å². The van der Waals surface area contributed by atoms with E-state index in [1.54, 1.807) is 0 Å². The van der Waals surface area contributed by atoms with Crippen molar-refractivity contribution in [1.29, 1.82) is 0 Å². The van der Waals surface area contributed by atoms with E-state index >= 15 is 0 Å². The summed E-state index contributed by atoms with van der Waals surface area (Å²) in [4.78, 5) is 15.9. The second-order valence-electron chi connectivity index (χ2n) is 9.62. The normalized spacial score (nSPS) is 23.2. The average Bonchev–Trinajstić information content (AvgIpc) is 3.16. The number of hydrogen-bond donors (Lipinski definition) is 2. The van der Waals surface area contributed by atoms with Gasteiger partial charge in [-0.25, -0.2) is 4.79 Å². The van der Waals surface area contributed by atoms with Crippen LogP contribution in [0.2, 0.25) is 0 Å². The third-order valence-corrected chi connectivity index (χ3v) is 7.39. The first-order valence-electron chi connectivity index (χ1n) is 11.2. The number of rotatable bonds is 5. The van der Waals surface area contributed by atoms with E-state index < -0.39 is 5.97 Å². The molecule has 0 amide bonds. The summed E-state index contributed by atoms with van der Waals surface area (Å²) in [6, 6.07) is 2.66. The maximum atomic E-state index is 12.1. The van der Waals surface area contributed by atoms with Gasteiger partial charge in [-0.2, -0.15) is 0 Å². The molecule has 4 nitrogen and oxygen atoms in total. The summed E-state index contributed by atoms with van der Waals surface area (Å²) in [6.45, 7) is 11.5. The summed E-state index contributed by atoms with van der Waals surface area (Å²) < 4.78 is 0. The summed E-state index contributed by atoms with van der Waals surface area (Å²) in [5, 5.41) is 13.3. The monoisotopic (exact) mass is 428 g/mol. The maximum absolute atomic E-state index is 12.1. The van der Waals surface area contributed by atoms with E-state index in [2.05, 4.69) is 56.8 Å². The standard InChI is InChI=1S/C25H36N2O2S/c1-6-27-14-12-20(22(16-27)17-7-9-18(26-5)10-8-17)21-15-19(11-13-25(2,3)4)30-23(21)24(28)29/h15,17-18,26H,6-10,12,14,16H2,1-5H3,(H,28,29). The minimum atomic E-state index is -0.831. The molecule has 1 saturated carbocycles. The molecule has 2 heterocycles. The second kappa shape index (κ2) is 9.68. The highest BCUT2D eigenvalue weighted by Crippen LogP contribution is 2.41. The SMILES string of the molecule is CCN1CCC(c2cc(C#CC(C)(C)C)sc2C(=O)O)=C(C2CCC(NC)CC2)C1. The quantitative estimate of drug-likeness (QED) is 0.641. The molecule has 1 aromatic heterocycles. The Bertz CT molecular complexity index is 858. The van der Waals surface area contributed by atoms with Gasteiger partial charge in [-0.3, -0.25) is 4.90 Å². The zero-order valence-corrected chi connectivity index (χ0v) is 19.9. The topological polar surface area (TPSA) is 52.6 Å². The molecule has 1 aromatic rings. The fraction of sp³-hybridized carbons (Fsp3) is 0.640. The smallest absolute Gasteiger partial charge is 0.346 e. The predicted octanol–water partition coefficient (Wildman–Crippen LogP) is 5.10. The van der Waals surface area contributed by atoms with Crippen LogP contribution in [0.5, 0.6) is 0 Å². The third kappa shape index (κ3) is 5.55. The van der Waals surface area contributed by atoms with Gasteiger partial charge in [0.1, 0.15) is 4.88 Å². The summed E-state index contributed by atoms with van der Waals surface area (Å²) >= 11 is 1.33.